The van der Waals surface area contributed by atoms with E-state index in [1.165, 1.54) is 53.3 Å². The fraction of sp³-hybridized carbons (Fsp3) is 0.308. The number of hydrogen-bond donors (Lipinski definition) is 2. The van der Waals surface area contributed by atoms with Gasteiger partial charge in [-0.25, -0.2) is 0 Å². The van der Waals surface area contributed by atoms with Crippen molar-refractivity contribution in [1.82, 2.24) is 0 Å². The average Bonchev–Trinajstić information content (AvgIpc) is 3.46. The summed E-state index contributed by atoms with van der Waals surface area (Å²) in [6.45, 7) is 6.27. The molecule has 0 fully saturated rings. The quantitative estimate of drug-likeness (QED) is 0.329. The molecule has 1 aliphatic rings. The predicted octanol–water partition coefficient (Wildman–Crippen LogP) is 8.40. The van der Waals surface area contributed by atoms with Crippen molar-refractivity contribution in [3.8, 4) is 0 Å². The van der Waals surface area contributed by atoms with Gasteiger partial charge in [0.25, 0.3) is 0 Å². The first-order valence-corrected chi connectivity index (χ1v) is 12.6. The molecule has 0 spiro atoms. The lowest BCUT2D eigenvalue weighted by molar-refractivity contribution is 0.780. The number of benzene rings is 2. The Bertz CT molecular complexity index is 1160. The third kappa shape index (κ3) is 3.99. The Morgan fingerprint density at radius 2 is 1.93 bits per heavy atom. The second-order valence-corrected chi connectivity index (χ2v) is 9.60. The summed E-state index contributed by atoms with van der Waals surface area (Å²) in [4.78, 5) is 1.38. The highest BCUT2D eigenvalue weighted by molar-refractivity contribution is 7.33. The summed E-state index contributed by atoms with van der Waals surface area (Å²) in [5.41, 5.74) is 5.44. The fourth-order valence-corrected chi connectivity index (χ4v) is 6.69. The molecule has 2 N–H and O–H groups in total. The van der Waals surface area contributed by atoms with Crippen molar-refractivity contribution in [3.63, 3.8) is 0 Å². The Labute approximate surface area is 187 Å². The van der Waals surface area contributed by atoms with E-state index >= 15 is 0 Å². The van der Waals surface area contributed by atoms with Crippen LogP contribution in [0.15, 0.2) is 54.1 Å². The lowest BCUT2D eigenvalue weighted by atomic mass is 9.98. The molecule has 2 nitrogen and oxygen atoms in total. The van der Waals surface area contributed by atoms with E-state index in [0.29, 0.717) is 6.04 Å². The van der Waals surface area contributed by atoms with E-state index in [9.17, 15) is 0 Å². The third-order valence-corrected chi connectivity index (χ3v) is 7.88. The summed E-state index contributed by atoms with van der Waals surface area (Å²) in [6.07, 6.45) is 5.86. The molecule has 0 bridgehead atoms. The van der Waals surface area contributed by atoms with Gasteiger partial charge in [0.15, 0.2) is 0 Å². The molecule has 30 heavy (non-hydrogen) atoms. The maximum atomic E-state index is 3.74. The monoisotopic (exact) mass is 434 g/mol. The molecule has 2 aromatic heterocycles. The van der Waals surface area contributed by atoms with Crippen molar-refractivity contribution in [2.75, 3.05) is 17.7 Å². The maximum Gasteiger partial charge on any atom is 0.0535 e. The van der Waals surface area contributed by atoms with Crippen molar-refractivity contribution in [2.24, 2.45) is 0 Å². The van der Waals surface area contributed by atoms with Crippen LogP contribution in [0.4, 0.5) is 11.4 Å². The van der Waals surface area contributed by atoms with Crippen LogP contribution in [0.1, 0.15) is 44.1 Å². The fourth-order valence-electron chi connectivity index (χ4n) is 4.14. The first-order valence-electron chi connectivity index (χ1n) is 10.9. The van der Waals surface area contributed by atoms with Crippen LogP contribution in [0.2, 0.25) is 0 Å². The number of hydrogen-bond acceptors (Lipinski definition) is 4. The highest BCUT2D eigenvalue weighted by Gasteiger charge is 2.23. The van der Waals surface area contributed by atoms with Gasteiger partial charge in [-0.1, -0.05) is 51.5 Å². The largest absolute Gasteiger partial charge is 0.388 e. The van der Waals surface area contributed by atoms with Crippen LogP contribution < -0.4 is 10.6 Å². The smallest absolute Gasteiger partial charge is 0.0535 e. The molecule has 4 aromatic rings. The molecular formula is C26H30N2S2. The van der Waals surface area contributed by atoms with E-state index in [2.05, 4.69) is 72.2 Å². The number of para-hydroxylation sites is 1. The predicted molar refractivity (Wildman–Crippen MR) is 139 cm³/mol. The highest BCUT2D eigenvalue weighted by Crippen LogP contribution is 2.41. The Hall–Kier alpha value is -2.30. The SMILES string of the molecule is CC.CCC/C(=C/c1cc2sc3cc(NC)ccc3c2s1)C1Cc2ccccc2N1. The van der Waals surface area contributed by atoms with Gasteiger partial charge >= 0.3 is 0 Å². The molecule has 0 radical (unpaired) electrons. The van der Waals surface area contributed by atoms with Crippen LogP contribution in [0.25, 0.3) is 25.6 Å². The number of thiophene rings is 2. The number of fused-ring (bicyclic) bond motifs is 4. The van der Waals surface area contributed by atoms with Gasteiger partial charge in [0, 0.05) is 38.1 Å². The summed E-state index contributed by atoms with van der Waals surface area (Å²) in [7, 11) is 1.98. The second-order valence-electron chi connectivity index (χ2n) is 7.43. The molecule has 0 saturated heterocycles. The van der Waals surface area contributed by atoms with Crippen LogP contribution in [0.5, 0.6) is 0 Å². The molecule has 0 aliphatic carbocycles. The first-order chi connectivity index (χ1) is 14.7. The zero-order valence-electron chi connectivity index (χ0n) is 18.2. The van der Waals surface area contributed by atoms with Gasteiger partial charge in [0.1, 0.15) is 0 Å². The van der Waals surface area contributed by atoms with E-state index in [1.807, 2.05) is 43.6 Å². The Morgan fingerprint density at radius 3 is 2.70 bits per heavy atom. The average molecular weight is 435 g/mol. The van der Waals surface area contributed by atoms with Crippen LogP contribution in [-0.2, 0) is 6.42 Å². The standard InChI is InChI=1S/C24H24N2S2.C2H6/c1-3-6-15(21-12-16-7-4-5-8-20(16)26-21)11-18-14-23-24(27-18)19-10-9-17(25-2)13-22(19)28-23;1-2/h4-5,7-11,13-14,21,25-26H,3,6,12H2,1-2H3;1-2H3/b15-11-;. The Morgan fingerprint density at radius 1 is 1.10 bits per heavy atom. The molecule has 4 heteroatoms. The molecule has 1 atom stereocenters. The van der Waals surface area contributed by atoms with Crippen LogP contribution in [0.3, 0.4) is 0 Å². The van der Waals surface area contributed by atoms with Crippen molar-refractivity contribution >= 4 is 59.6 Å². The minimum Gasteiger partial charge on any atom is -0.388 e. The van der Waals surface area contributed by atoms with Crippen LogP contribution >= 0.6 is 22.7 Å². The lowest BCUT2D eigenvalue weighted by Crippen LogP contribution is -2.18. The zero-order valence-corrected chi connectivity index (χ0v) is 19.8. The molecule has 2 aromatic carbocycles. The molecule has 1 unspecified atom stereocenters. The van der Waals surface area contributed by atoms with Gasteiger partial charge in [0.05, 0.1) is 10.7 Å². The minimum absolute atomic E-state index is 0.424. The summed E-state index contributed by atoms with van der Waals surface area (Å²) < 4.78 is 4.19. The summed E-state index contributed by atoms with van der Waals surface area (Å²) in [6, 6.07) is 18.2. The van der Waals surface area contributed by atoms with E-state index in [-0.39, 0.29) is 0 Å². The molecule has 1 aliphatic heterocycles. The van der Waals surface area contributed by atoms with Crippen molar-refractivity contribution in [2.45, 2.75) is 46.1 Å². The maximum absolute atomic E-state index is 3.74. The van der Waals surface area contributed by atoms with Crippen molar-refractivity contribution in [1.29, 1.82) is 0 Å². The summed E-state index contributed by atoms with van der Waals surface area (Å²) >= 11 is 3.83. The zero-order chi connectivity index (χ0) is 21.1. The van der Waals surface area contributed by atoms with Gasteiger partial charge < -0.3 is 10.6 Å². The summed E-state index contributed by atoms with van der Waals surface area (Å²) in [5, 5.41) is 8.36. The van der Waals surface area contributed by atoms with Gasteiger partial charge in [-0.2, -0.15) is 0 Å². The molecule has 0 saturated carbocycles. The molecular weight excluding hydrogens is 404 g/mol. The number of anilines is 2. The van der Waals surface area contributed by atoms with E-state index in [1.54, 1.807) is 0 Å². The lowest BCUT2D eigenvalue weighted by Gasteiger charge is -2.15. The molecule has 0 amide bonds. The van der Waals surface area contributed by atoms with Crippen LogP contribution in [0, 0.1) is 0 Å². The van der Waals surface area contributed by atoms with Crippen molar-refractivity contribution in [3.05, 3.63) is 64.5 Å². The minimum atomic E-state index is 0.424. The van der Waals surface area contributed by atoms with Crippen LogP contribution in [-0.4, -0.2) is 13.1 Å². The van der Waals surface area contributed by atoms with Gasteiger partial charge in [0.2, 0.25) is 0 Å². The normalized spacial score (nSPS) is 15.6. The summed E-state index contributed by atoms with van der Waals surface area (Å²) in [5.74, 6) is 0. The molecule has 156 valence electrons. The Kier molecular flexibility index (Phi) is 6.45. The van der Waals surface area contributed by atoms with Gasteiger partial charge in [-0.15, -0.1) is 22.7 Å². The Balaban J connectivity index is 0.00000106. The van der Waals surface area contributed by atoms with Gasteiger partial charge in [-0.3, -0.25) is 0 Å². The topological polar surface area (TPSA) is 24.1 Å². The first kappa shape index (κ1) is 21.0. The van der Waals surface area contributed by atoms with Crippen molar-refractivity contribution < 1.29 is 0 Å². The third-order valence-electron chi connectivity index (χ3n) is 5.54. The van der Waals surface area contributed by atoms with E-state index < -0.39 is 0 Å². The molecule has 5 rings (SSSR count). The second kappa shape index (κ2) is 9.23. The van der Waals surface area contributed by atoms with E-state index in [4.69, 9.17) is 0 Å². The number of rotatable bonds is 5. The number of nitrogens with one attached hydrogen (secondary N) is 2. The highest BCUT2D eigenvalue weighted by atomic mass is 32.1. The molecule has 3 heterocycles. The van der Waals surface area contributed by atoms with Gasteiger partial charge in [-0.05, 0) is 54.3 Å². The van der Waals surface area contributed by atoms with E-state index in [0.717, 1.165) is 12.8 Å².